The van der Waals surface area contributed by atoms with Crippen LogP contribution in [0.3, 0.4) is 0 Å². The number of nitrogens with zero attached hydrogens (tertiary/aromatic N) is 2. The highest BCUT2D eigenvalue weighted by atomic mass is 35.5. The van der Waals surface area contributed by atoms with Crippen molar-refractivity contribution in [2.24, 2.45) is 0 Å². The maximum Gasteiger partial charge on any atom is 0.305 e. The first-order valence-corrected chi connectivity index (χ1v) is 9.97. The van der Waals surface area contributed by atoms with Gasteiger partial charge in [0.15, 0.2) is 0 Å². The number of rotatable bonds is 6. The molecule has 1 aromatic heterocycles. The van der Waals surface area contributed by atoms with Gasteiger partial charge in [0.2, 0.25) is 0 Å². The molecule has 0 atom stereocenters. The van der Waals surface area contributed by atoms with Crippen LogP contribution in [0.5, 0.6) is 0 Å². The number of aryl methyl sites for hydroxylation is 2. The summed E-state index contributed by atoms with van der Waals surface area (Å²) in [6, 6.07) is 12.7. The lowest BCUT2D eigenvalue weighted by molar-refractivity contribution is -0.140. The lowest BCUT2D eigenvalue weighted by atomic mass is 10.1. The highest BCUT2D eigenvalue weighted by Crippen LogP contribution is 2.24. The number of halogens is 1. The molecule has 2 aromatic carbocycles. The summed E-state index contributed by atoms with van der Waals surface area (Å²) < 4.78 is 6.54. The van der Waals surface area contributed by atoms with E-state index in [0.29, 0.717) is 29.1 Å². The van der Waals surface area contributed by atoms with Crippen molar-refractivity contribution >= 4 is 29.2 Å². The van der Waals surface area contributed by atoms with Crippen molar-refractivity contribution in [3.63, 3.8) is 0 Å². The molecule has 30 heavy (non-hydrogen) atoms. The largest absolute Gasteiger partial charge is 0.469 e. The minimum absolute atomic E-state index is 0.237. The summed E-state index contributed by atoms with van der Waals surface area (Å²) in [5, 5.41) is 7.93. The maximum absolute atomic E-state index is 12.6. The summed E-state index contributed by atoms with van der Waals surface area (Å²) in [5.74, 6) is -0.481. The summed E-state index contributed by atoms with van der Waals surface area (Å²) in [6.07, 6.45) is 0.882. The van der Waals surface area contributed by atoms with Gasteiger partial charge in [-0.25, -0.2) is 4.68 Å². The standard InChI is InChI=1S/C23H24ClN3O3/c1-14-5-11-21(20(24)13-14)25-23(29)17-6-8-18(9-7-17)27-16(3)19(15(2)26-27)10-12-22(28)30-4/h5-9,11,13H,10,12H2,1-4H3,(H,25,29). The SMILES string of the molecule is COC(=O)CCc1c(C)nn(-c2ccc(C(=O)Nc3ccc(C)cc3Cl)cc2)c1C. The van der Waals surface area contributed by atoms with Crippen molar-refractivity contribution < 1.29 is 14.3 Å². The molecular formula is C23H24ClN3O3. The van der Waals surface area contributed by atoms with Gasteiger partial charge in [0, 0.05) is 17.7 Å². The lowest BCUT2D eigenvalue weighted by Gasteiger charge is -2.09. The summed E-state index contributed by atoms with van der Waals surface area (Å²) in [6.45, 7) is 5.83. The Hall–Kier alpha value is -3.12. The van der Waals surface area contributed by atoms with E-state index in [0.717, 1.165) is 28.2 Å². The number of hydrogen-bond donors (Lipinski definition) is 1. The summed E-state index contributed by atoms with van der Waals surface area (Å²) in [5.41, 5.74) is 5.81. The van der Waals surface area contributed by atoms with Crippen LogP contribution in [0.1, 0.15) is 39.3 Å². The third kappa shape index (κ3) is 4.71. The smallest absolute Gasteiger partial charge is 0.305 e. The first-order valence-electron chi connectivity index (χ1n) is 9.60. The van der Waals surface area contributed by atoms with Crippen LogP contribution in [-0.4, -0.2) is 28.8 Å². The minimum Gasteiger partial charge on any atom is -0.469 e. The van der Waals surface area contributed by atoms with Gasteiger partial charge < -0.3 is 10.1 Å². The molecule has 6 nitrogen and oxygen atoms in total. The number of ether oxygens (including phenoxy) is 1. The van der Waals surface area contributed by atoms with Gasteiger partial charge >= 0.3 is 5.97 Å². The topological polar surface area (TPSA) is 73.2 Å². The Morgan fingerprint density at radius 2 is 1.80 bits per heavy atom. The van der Waals surface area contributed by atoms with Crippen LogP contribution in [0.2, 0.25) is 5.02 Å². The predicted molar refractivity (Wildman–Crippen MR) is 118 cm³/mol. The Morgan fingerprint density at radius 1 is 1.10 bits per heavy atom. The predicted octanol–water partition coefficient (Wildman–Crippen LogP) is 4.81. The van der Waals surface area contributed by atoms with Crippen molar-refractivity contribution in [1.82, 2.24) is 9.78 Å². The van der Waals surface area contributed by atoms with Crippen molar-refractivity contribution in [3.8, 4) is 5.69 Å². The van der Waals surface area contributed by atoms with Gasteiger partial charge in [-0.2, -0.15) is 5.10 Å². The number of anilines is 1. The summed E-state index contributed by atoms with van der Waals surface area (Å²) in [7, 11) is 1.38. The van der Waals surface area contributed by atoms with Crippen LogP contribution in [0, 0.1) is 20.8 Å². The molecule has 0 spiro atoms. The molecule has 0 radical (unpaired) electrons. The van der Waals surface area contributed by atoms with E-state index < -0.39 is 0 Å². The Kier molecular flexibility index (Phi) is 6.57. The van der Waals surface area contributed by atoms with E-state index in [9.17, 15) is 9.59 Å². The zero-order chi connectivity index (χ0) is 21.8. The molecule has 0 aliphatic carbocycles. The van der Waals surface area contributed by atoms with Crippen molar-refractivity contribution in [3.05, 3.63) is 75.6 Å². The summed E-state index contributed by atoms with van der Waals surface area (Å²) >= 11 is 6.20. The van der Waals surface area contributed by atoms with E-state index in [2.05, 4.69) is 10.4 Å². The fraction of sp³-hybridized carbons (Fsp3) is 0.261. The van der Waals surface area contributed by atoms with Gasteiger partial charge in [0.25, 0.3) is 5.91 Å². The second-order valence-corrected chi connectivity index (χ2v) is 7.53. The van der Waals surface area contributed by atoms with Gasteiger partial charge in [0.1, 0.15) is 0 Å². The molecule has 156 valence electrons. The normalized spacial score (nSPS) is 10.7. The quantitative estimate of drug-likeness (QED) is 0.575. The Morgan fingerprint density at radius 3 is 2.43 bits per heavy atom. The Bertz CT molecular complexity index is 1090. The van der Waals surface area contributed by atoms with Crippen molar-refractivity contribution in [2.75, 3.05) is 12.4 Å². The number of methoxy groups -OCH3 is 1. The van der Waals surface area contributed by atoms with E-state index in [-0.39, 0.29) is 11.9 Å². The van der Waals surface area contributed by atoms with Crippen LogP contribution in [0.25, 0.3) is 5.69 Å². The molecular weight excluding hydrogens is 402 g/mol. The number of carbonyl (C=O) groups is 2. The molecule has 7 heteroatoms. The van der Waals surface area contributed by atoms with Gasteiger partial charge in [-0.05, 0) is 74.7 Å². The maximum atomic E-state index is 12.6. The molecule has 0 unspecified atom stereocenters. The average Bonchev–Trinajstić information content (AvgIpc) is 3.01. The molecule has 0 saturated heterocycles. The molecule has 0 aliphatic heterocycles. The van der Waals surface area contributed by atoms with E-state index >= 15 is 0 Å². The van der Waals surface area contributed by atoms with Crippen LogP contribution >= 0.6 is 11.6 Å². The number of amides is 1. The number of nitrogens with one attached hydrogen (secondary N) is 1. The third-order valence-electron chi connectivity index (χ3n) is 4.99. The highest BCUT2D eigenvalue weighted by molar-refractivity contribution is 6.34. The van der Waals surface area contributed by atoms with Gasteiger partial charge in [-0.15, -0.1) is 0 Å². The zero-order valence-electron chi connectivity index (χ0n) is 17.5. The third-order valence-corrected chi connectivity index (χ3v) is 5.31. The van der Waals surface area contributed by atoms with Crippen LogP contribution in [-0.2, 0) is 16.0 Å². The first kappa shape index (κ1) is 21.6. The van der Waals surface area contributed by atoms with Crippen molar-refractivity contribution in [1.29, 1.82) is 0 Å². The van der Waals surface area contributed by atoms with E-state index in [1.165, 1.54) is 7.11 Å². The molecule has 0 fully saturated rings. The number of aromatic nitrogens is 2. The molecule has 1 N–H and O–H groups in total. The number of benzene rings is 2. The van der Waals surface area contributed by atoms with Crippen LogP contribution in [0.4, 0.5) is 5.69 Å². The average molecular weight is 426 g/mol. The van der Waals surface area contributed by atoms with E-state index in [4.69, 9.17) is 16.3 Å². The molecule has 1 heterocycles. The highest BCUT2D eigenvalue weighted by Gasteiger charge is 2.15. The molecule has 0 bridgehead atoms. The molecule has 3 rings (SSSR count). The molecule has 3 aromatic rings. The second kappa shape index (κ2) is 9.13. The van der Waals surface area contributed by atoms with Crippen LogP contribution < -0.4 is 5.32 Å². The number of hydrogen-bond acceptors (Lipinski definition) is 4. The molecule has 1 amide bonds. The number of esters is 1. The lowest BCUT2D eigenvalue weighted by Crippen LogP contribution is -2.12. The Labute approximate surface area is 180 Å². The first-order chi connectivity index (χ1) is 14.3. The van der Waals surface area contributed by atoms with E-state index in [1.807, 2.05) is 43.7 Å². The molecule has 0 saturated carbocycles. The van der Waals surface area contributed by atoms with Gasteiger partial charge in [-0.1, -0.05) is 17.7 Å². The van der Waals surface area contributed by atoms with Gasteiger partial charge in [0.05, 0.1) is 29.2 Å². The molecule has 0 aliphatic rings. The fourth-order valence-corrected chi connectivity index (χ4v) is 3.57. The van der Waals surface area contributed by atoms with E-state index in [1.54, 1.807) is 24.3 Å². The van der Waals surface area contributed by atoms with Crippen LogP contribution in [0.15, 0.2) is 42.5 Å². The second-order valence-electron chi connectivity index (χ2n) is 7.12. The summed E-state index contributed by atoms with van der Waals surface area (Å²) in [4.78, 5) is 24.0. The number of carbonyl (C=O) groups excluding carboxylic acids is 2. The minimum atomic E-state index is -0.245. The fourth-order valence-electron chi connectivity index (χ4n) is 3.29. The van der Waals surface area contributed by atoms with Gasteiger partial charge in [-0.3, -0.25) is 9.59 Å². The Balaban J connectivity index is 1.77. The van der Waals surface area contributed by atoms with Crippen molar-refractivity contribution in [2.45, 2.75) is 33.6 Å². The zero-order valence-corrected chi connectivity index (χ0v) is 18.2. The monoisotopic (exact) mass is 425 g/mol.